The molecule has 0 amide bonds. The van der Waals surface area contributed by atoms with Crippen LogP contribution in [0.15, 0.2) is 18.2 Å². The van der Waals surface area contributed by atoms with Gasteiger partial charge in [0.15, 0.2) is 0 Å². The molecule has 0 N–H and O–H groups in total. The minimum atomic E-state index is 0. The lowest BCUT2D eigenvalue weighted by Gasteiger charge is -2.40. The van der Waals surface area contributed by atoms with E-state index in [2.05, 4.69) is 32.9 Å². The van der Waals surface area contributed by atoms with Crippen molar-refractivity contribution in [3.63, 3.8) is 0 Å². The number of nitrogens with zero attached hydrogens (tertiary/aromatic N) is 3. The van der Waals surface area contributed by atoms with Gasteiger partial charge in [0, 0.05) is 70.4 Å². The van der Waals surface area contributed by atoms with Crippen LogP contribution in [0.1, 0.15) is 82.1 Å². The van der Waals surface area contributed by atoms with E-state index in [0.717, 1.165) is 30.5 Å². The maximum absolute atomic E-state index is 5.57. The molecule has 0 unspecified atom stereocenters. The zero-order chi connectivity index (χ0) is 22.1. The first-order chi connectivity index (χ1) is 16.3. The number of anilines is 2. The molecule has 3 aliphatic heterocycles. The summed E-state index contributed by atoms with van der Waals surface area (Å²) in [6.45, 7) is 10.5. The number of piperazine rings is 1. The van der Waals surface area contributed by atoms with Crippen molar-refractivity contribution in [3.05, 3.63) is 23.8 Å². The largest absolute Gasteiger partial charge is 0.381 e. The molecule has 190 valence electrons. The van der Waals surface area contributed by atoms with Crippen LogP contribution in [0, 0.1) is 11.3 Å². The van der Waals surface area contributed by atoms with E-state index >= 15 is 0 Å². The second-order valence-corrected chi connectivity index (χ2v) is 11.9. The van der Waals surface area contributed by atoms with Crippen LogP contribution < -0.4 is 9.80 Å². The van der Waals surface area contributed by atoms with Gasteiger partial charge in [-0.25, -0.2) is 0 Å². The van der Waals surface area contributed by atoms with Crippen molar-refractivity contribution in [1.29, 1.82) is 0 Å². The van der Waals surface area contributed by atoms with E-state index in [0.29, 0.717) is 0 Å². The zero-order valence-corrected chi connectivity index (χ0v) is 22.0. The van der Waals surface area contributed by atoms with Crippen molar-refractivity contribution in [2.45, 2.75) is 76.5 Å². The summed E-state index contributed by atoms with van der Waals surface area (Å²) in [7, 11) is 0. The second-order valence-electron chi connectivity index (χ2n) is 11.9. The van der Waals surface area contributed by atoms with E-state index in [-0.39, 0.29) is 12.4 Å². The highest BCUT2D eigenvalue weighted by molar-refractivity contribution is 5.85. The normalized spacial score (nSPS) is 26.5. The number of hydrogen-bond donors (Lipinski definition) is 0. The summed E-state index contributed by atoms with van der Waals surface area (Å²) in [5.41, 5.74) is 5.53. The topological polar surface area (TPSA) is 19.0 Å². The first-order valence-corrected chi connectivity index (χ1v) is 14.2. The van der Waals surface area contributed by atoms with Gasteiger partial charge in [-0.2, -0.15) is 0 Å². The molecule has 2 aliphatic carbocycles. The average Bonchev–Trinajstić information content (AvgIpc) is 3.64. The molecule has 5 aliphatic rings. The van der Waals surface area contributed by atoms with Gasteiger partial charge in [0.05, 0.1) is 0 Å². The molecule has 0 aromatic heterocycles. The lowest BCUT2D eigenvalue weighted by molar-refractivity contribution is 0.0517. The summed E-state index contributed by atoms with van der Waals surface area (Å²) in [6.07, 6.45) is 15.4. The van der Waals surface area contributed by atoms with Crippen molar-refractivity contribution in [2.24, 2.45) is 11.3 Å². The molecular weight excluding hydrogens is 442 g/mol. The van der Waals surface area contributed by atoms with Crippen LogP contribution in [0.3, 0.4) is 0 Å². The minimum absolute atomic E-state index is 0. The van der Waals surface area contributed by atoms with Gasteiger partial charge in [-0.05, 0) is 112 Å². The summed E-state index contributed by atoms with van der Waals surface area (Å²) in [5, 5.41) is 0. The number of halogens is 1. The molecule has 0 bridgehead atoms. The molecule has 6 rings (SSSR count). The average molecular weight is 488 g/mol. The van der Waals surface area contributed by atoms with Gasteiger partial charge in [0.2, 0.25) is 0 Å². The Labute approximate surface area is 213 Å². The van der Waals surface area contributed by atoms with Crippen molar-refractivity contribution < 1.29 is 4.74 Å². The molecule has 3 saturated heterocycles. The highest BCUT2D eigenvalue weighted by Gasteiger charge is 2.45. The third-order valence-electron chi connectivity index (χ3n) is 9.75. The fraction of sp³-hybridized carbons (Fsp3) is 0.793. The summed E-state index contributed by atoms with van der Waals surface area (Å²) in [4.78, 5) is 8.12. The fourth-order valence-corrected chi connectivity index (χ4v) is 7.19. The molecule has 4 nitrogen and oxygen atoms in total. The van der Waals surface area contributed by atoms with Crippen LogP contribution in [0.25, 0.3) is 0 Å². The number of benzene rings is 1. The SMILES string of the molecule is Cl.c1cc(N2CCN(CC3CCOCC3)CC2)c(C2CCC3(CC2)CC3)cc1N1CCCCC1. The molecule has 1 aromatic carbocycles. The van der Waals surface area contributed by atoms with Crippen LogP contribution in [0.2, 0.25) is 0 Å². The highest BCUT2D eigenvalue weighted by atomic mass is 35.5. The summed E-state index contributed by atoms with van der Waals surface area (Å²) in [6, 6.07) is 7.59. The Morgan fingerprint density at radius 1 is 0.765 bits per heavy atom. The van der Waals surface area contributed by atoms with E-state index in [1.165, 1.54) is 122 Å². The molecule has 5 heteroatoms. The molecule has 5 fully saturated rings. The van der Waals surface area contributed by atoms with Gasteiger partial charge < -0.3 is 14.5 Å². The van der Waals surface area contributed by atoms with Crippen LogP contribution in [-0.4, -0.2) is 63.9 Å². The number of rotatable bonds is 5. The lowest BCUT2D eigenvalue weighted by atomic mass is 9.76. The quantitative estimate of drug-likeness (QED) is 0.500. The first kappa shape index (κ1) is 24.7. The molecule has 34 heavy (non-hydrogen) atoms. The van der Waals surface area contributed by atoms with Crippen molar-refractivity contribution in [1.82, 2.24) is 4.90 Å². The van der Waals surface area contributed by atoms with Crippen LogP contribution in [-0.2, 0) is 4.74 Å². The highest BCUT2D eigenvalue weighted by Crippen LogP contribution is 2.59. The van der Waals surface area contributed by atoms with Gasteiger partial charge in [-0.15, -0.1) is 12.4 Å². The van der Waals surface area contributed by atoms with Gasteiger partial charge in [-0.1, -0.05) is 0 Å². The first-order valence-electron chi connectivity index (χ1n) is 14.2. The van der Waals surface area contributed by atoms with Gasteiger partial charge in [-0.3, -0.25) is 4.90 Å². The van der Waals surface area contributed by atoms with Crippen LogP contribution in [0.5, 0.6) is 0 Å². The maximum Gasteiger partial charge on any atom is 0.0469 e. The zero-order valence-electron chi connectivity index (χ0n) is 21.2. The second kappa shape index (κ2) is 11.0. The Morgan fingerprint density at radius 2 is 1.47 bits per heavy atom. The molecule has 2 saturated carbocycles. The predicted octanol–water partition coefficient (Wildman–Crippen LogP) is 6.09. The Bertz CT molecular complexity index is 783. The Balaban J connectivity index is 0.00000241. The summed E-state index contributed by atoms with van der Waals surface area (Å²) >= 11 is 0. The van der Waals surface area contributed by atoms with E-state index < -0.39 is 0 Å². The molecule has 3 heterocycles. The minimum Gasteiger partial charge on any atom is -0.381 e. The Hall–Kier alpha value is -0.970. The molecule has 0 atom stereocenters. The summed E-state index contributed by atoms with van der Waals surface area (Å²) < 4.78 is 5.57. The maximum atomic E-state index is 5.57. The standard InChI is InChI=1S/C29H45N3O.ClH/c1-2-14-31(15-3-1)26-4-5-28(27(22-26)25-6-10-29(11-7-25)12-13-29)32-18-16-30(17-19-32)23-24-8-20-33-21-9-24;/h4-5,22,24-25H,1-3,6-21,23H2;1H. The summed E-state index contributed by atoms with van der Waals surface area (Å²) in [5.74, 6) is 1.62. The number of hydrogen-bond acceptors (Lipinski definition) is 4. The third-order valence-corrected chi connectivity index (χ3v) is 9.75. The lowest BCUT2D eigenvalue weighted by Crippen LogP contribution is -2.48. The van der Waals surface area contributed by atoms with Crippen molar-refractivity contribution in [2.75, 3.05) is 68.8 Å². The Morgan fingerprint density at radius 3 is 2.15 bits per heavy atom. The van der Waals surface area contributed by atoms with Crippen molar-refractivity contribution in [3.8, 4) is 0 Å². The monoisotopic (exact) mass is 487 g/mol. The van der Waals surface area contributed by atoms with Crippen molar-refractivity contribution >= 4 is 23.8 Å². The predicted molar refractivity (Wildman–Crippen MR) is 145 cm³/mol. The van der Waals surface area contributed by atoms with Crippen LogP contribution in [0.4, 0.5) is 11.4 Å². The molecular formula is C29H46ClN3O. The van der Waals surface area contributed by atoms with Crippen LogP contribution >= 0.6 is 12.4 Å². The van der Waals surface area contributed by atoms with E-state index in [1.54, 1.807) is 11.3 Å². The van der Waals surface area contributed by atoms with Gasteiger partial charge in [0.25, 0.3) is 0 Å². The third kappa shape index (κ3) is 5.55. The van der Waals surface area contributed by atoms with Gasteiger partial charge in [0.1, 0.15) is 0 Å². The fourth-order valence-electron chi connectivity index (χ4n) is 7.19. The number of piperidine rings is 1. The smallest absolute Gasteiger partial charge is 0.0469 e. The Kier molecular flexibility index (Phi) is 7.97. The van der Waals surface area contributed by atoms with Gasteiger partial charge >= 0.3 is 0 Å². The number of ether oxygens (including phenoxy) is 1. The molecule has 0 radical (unpaired) electrons. The van der Waals surface area contributed by atoms with E-state index in [1.807, 2.05) is 0 Å². The molecule has 1 aromatic rings. The van der Waals surface area contributed by atoms with E-state index in [4.69, 9.17) is 4.74 Å². The molecule has 1 spiro atoms. The van der Waals surface area contributed by atoms with E-state index in [9.17, 15) is 0 Å².